The van der Waals surface area contributed by atoms with Crippen LogP contribution < -0.4 is 5.73 Å². The number of rotatable bonds is 5. The van der Waals surface area contributed by atoms with Crippen LogP contribution in [0, 0.1) is 10.1 Å². The van der Waals surface area contributed by atoms with E-state index in [9.17, 15) is 28.1 Å². The standard InChI is InChI=1S/C12H14F3N3O3/c1-2-5-17(7-12(13,14)15)11(19)9-6-8(18(20)21)3-4-10(9)16/h3-4,6H,2,5,7,16H2,1H3. The third-order valence-electron chi connectivity index (χ3n) is 2.63. The molecule has 2 N–H and O–H groups in total. The molecule has 0 aliphatic rings. The predicted octanol–water partition coefficient (Wildman–Crippen LogP) is 2.59. The lowest BCUT2D eigenvalue weighted by atomic mass is 10.1. The molecule has 6 nitrogen and oxygen atoms in total. The second-order valence-corrected chi connectivity index (χ2v) is 4.37. The van der Waals surface area contributed by atoms with Gasteiger partial charge in [0.1, 0.15) is 6.54 Å². The first-order chi connectivity index (χ1) is 9.65. The Morgan fingerprint density at radius 3 is 2.52 bits per heavy atom. The molecule has 0 fully saturated rings. The monoisotopic (exact) mass is 305 g/mol. The summed E-state index contributed by atoms with van der Waals surface area (Å²) in [6, 6.07) is 3.10. The van der Waals surface area contributed by atoms with Crippen molar-refractivity contribution in [1.29, 1.82) is 0 Å². The largest absolute Gasteiger partial charge is 0.406 e. The molecule has 1 rings (SSSR count). The lowest BCUT2D eigenvalue weighted by Crippen LogP contribution is -2.39. The summed E-state index contributed by atoms with van der Waals surface area (Å²) in [6.45, 7) is 0.0652. The zero-order chi connectivity index (χ0) is 16.2. The van der Waals surface area contributed by atoms with Gasteiger partial charge in [-0.15, -0.1) is 0 Å². The first-order valence-corrected chi connectivity index (χ1v) is 6.05. The average Bonchev–Trinajstić information content (AvgIpc) is 2.36. The van der Waals surface area contributed by atoms with E-state index >= 15 is 0 Å². The molecule has 1 aromatic rings. The number of halogens is 3. The van der Waals surface area contributed by atoms with Crippen LogP contribution in [0.15, 0.2) is 18.2 Å². The van der Waals surface area contributed by atoms with E-state index in [1.54, 1.807) is 6.92 Å². The molecule has 1 amide bonds. The maximum Gasteiger partial charge on any atom is 0.406 e. The number of alkyl halides is 3. The van der Waals surface area contributed by atoms with E-state index in [0.29, 0.717) is 11.3 Å². The quantitative estimate of drug-likeness (QED) is 0.514. The van der Waals surface area contributed by atoms with E-state index < -0.39 is 29.2 Å². The van der Waals surface area contributed by atoms with Gasteiger partial charge < -0.3 is 10.6 Å². The van der Waals surface area contributed by atoms with Crippen molar-refractivity contribution in [1.82, 2.24) is 4.90 Å². The van der Waals surface area contributed by atoms with Gasteiger partial charge in [-0.1, -0.05) is 6.92 Å². The number of nitrogens with two attached hydrogens (primary N) is 1. The molecule has 0 unspecified atom stereocenters. The van der Waals surface area contributed by atoms with Crippen LogP contribution in [0.2, 0.25) is 0 Å². The Kier molecular flexibility index (Phi) is 5.12. The number of non-ortho nitro benzene ring substituents is 1. The van der Waals surface area contributed by atoms with Crippen molar-refractivity contribution in [3.8, 4) is 0 Å². The summed E-state index contributed by atoms with van der Waals surface area (Å²) in [7, 11) is 0. The van der Waals surface area contributed by atoms with Crippen molar-refractivity contribution in [3.63, 3.8) is 0 Å². The number of nitro groups is 1. The van der Waals surface area contributed by atoms with Crippen LogP contribution in [0.1, 0.15) is 23.7 Å². The highest BCUT2D eigenvalue weighted by atomic mass is 19.4. The van der Waals surface area contributed by atoms with E-state index in [0.717, 1.165) is 18.2 Å². The van der Waals surface area contributed by atoms with Gasteiger partial charge in [-0.25, -0.2) is 0 Å². The first-order valence-electron chi connectivity index (χ1n) is 6.05. The fraction of sp³-hybridized carbons (Fsp3) is 0.417. The number of anilines is 1. The fourth-order valence-electron chi connectivity index (χ4n) is 1.75. The number of amides is 1. The zero-order valence-corrected chi connectivity index (χ0v) is 11.2. The maximum atomic E-state index is 12.5. The predicted molar refractivity (Wildman–Crippen MR) is 69.8 cm³/mol. The summed E-state index contributed by atoms with van der Waals surface area (Å²) < 4.78 is 37.4. The highest BCUT2D eigenvalue weighted by molar-refractivity contribution is 5.99. The van der Waals surface area contributed by atoms with Gasteiger partial charge in [0.2, 0.25) is 0 Å². The number of hydrogen-bond donors (Lipinski definition) is 1. The SMILES string of the molecule is CCCN(CC(F)(F)F)C(=O)c1cc([N+](=O)[O-])ccc1N. The summed E-state index contributed by atoms with van der Waals surface area (Å²) in [5, 5.41) is 10.7. The number of benzene rings is 1. The molecule has 9 heteroatoms. The van der Waals surface area contributed by atoms with Gasteiger partial charge in [0.25, 0.3) is 11.6 Å². The molecule has 0 atom stereocenters. The van der Waals surface area contributed by atoms with Gasteiger partial charge in [-0.05, 0) is 12.5 Å². The fourth-order valence-corrected chi connectivity index (χ4v) is 1.75. The topological polar surface area (TPSA) is 89.5 Å². The molecule has 0 heterocycles. The number of nitrogens with zero attached hydrogens (tertiary/aromatic N) is 2. The van der Waals surface area contributed by atoms with Crippen LogP contribution in [0.4, 0.5) is 24.5 Å². The van der Waals surface area contributed by atoms with Crippen molar-refractivity contribution >= 4 is 17.3 Å². The van der Waals surface area contributed by atoms with Crippen molar-refractivity contribution in [2.24, 2.45) is 0 Å². The molecule has 0 aliphatic heterocycles. The molecule has 0 aliphatic carbocycles. The van der Waals surface area contributed by atoms with Crippen molar-refractivity contribution in [2.75, 3.05) is 18.8 Å². The van der Waals surface area contributed by atoms with Gasteiger partial charge in [0.05, 0.1) is 10.5 Å². The number of carbonyl (C=O) groups is 1. The van der Waals surface area contributed by atoms with Crippen LogP contribution in [-0.4, -0.2) is 35.0 Å². The number of carbonyl (C=O) groups excluding carboxylic acids is 1. The van der Waals surface area contributed by atoms with Gasteiger partial charge in [-0.3, -0.25) is 14.9 Å². The molecule has 0 saturated heterocycles. The third-order valence-corrected chi connectivity index (χ3v) is 2.63. The Bertz CT molecular complexity index is 546. The Hall–Kier alpha value is -2.32. The Balaban J connectivity index is 3.13. The van der Waals surface area contributed by atoms with E-state index in [1.807, 2.05) is 0 Å². The Morgan fingerprint density at radius 2 is 2.05 bits per heavy atom. The maximum absolute atomic E-state index is 12.5. The zero-order valence-electron chi connectivity index (χ0n) is 11.2. The highest BCUT2D eigenvalue weighted by Crippen LogP contribution is 2.23. The molecule has 0 radical (unpaired) electrons. The highest BCUT2D eigenvalue weighted by Gasteiger charge is 2.33. The minimum Gasteiger partial charge on any atom is -0.398 e. The Morgan fingerprint density at radius 1 is 1.43 bits per heavy atom. The van der Waals surface area contributed by atoms with E-state index in [2.05, 4.69) is 0 Å². The van der Waals surface area contributed by atoms with Crippen molar-refractivity contribution < 1.29 is 22.9 Å². The molecule has 0 bridgehead atoms. The molecule has 21 heavy (non-hydrogen) atoms. The van der Waals surface area contributed by atoms with E-state index in [-0.39, 0.29) is 17.8 Å². The van der Waals surface area contributed by atoms with E-state index in [4.69, 9.17) is 5.73 Å². The number of nitrogen functional groups attached to an aromatic ring is 1. The smallest absolute Gasteiger partial charge is 0.398 e. The molecular weight excluding hydrogens is 291 g/mol. The van der Waals surface area contributed by atoms with Gasteiger partial charge in [0, 0.05) is 24.4 Å². The summed E-state index contributed by atoms with van der Waals surface area (Å²) in [5.74, 6) is -0.977. The van der Waals surface area contributed by atoms with Gasteiger partial charge >= 0.3 is 6.18 Å². The van der Waals surface area contributed by atoms with Crippen LogP contribution in [-0.2, 0) is 0 Å². The summed E-state index contributed by atoms with van der Waals surface area (Å²) in [6.07, 6.45) is -4.24. The Labute approximate surface area is 118 Å². The van der Waals surface area contributed by atoms with Crippen LogP contribution in [0.25, 0.3) is 0 Å². The minimum absolute atomic E-state index is 0.103. The third kappa shape index (κ3) is 4.62. The first kappa shape index (κ1) is 16.7. The summed E-state index contributed by atoms with van der Waals surface area (Å²) in [5.41, 5.74) is 4.72. The lowest BCUT2D eigenvalue weighted by Gasteiger charge is -2.24. The minimum atomic E-state index is -4.56. The van der Waals surface area contributed by atoms with Crippen LogP contribution in [0.5, 0.6) is 0 Å². The number of nitro benzene ring substituents is 1. The molecular formula is C12H14F3N3O3. The molecule has 0 saturated carbocycles. The molecule has 116 valence electrons. The second kappa shape index (κ2) is 6.42. The van der Waals surface area contributed by atoms with Gasteiger partial charge in [0.15, 0.2) is 0 Å². The lowest BCUT2D eigenvalue weighted by molar-refractivity contribution is -0.384. The van der Waals surface area contributed by atoms with Gasteiger partial charge in [-0.2, -0.15) is 13.2 Å². The molecule has 0 spiro atoms. The summed E-state index contributed by atoms with van der Waals surface area (Å²) >= 11 is 0. The van der Waals surface area contributed by atoms with Crippen molar-refractivity contribution in [2.45, 2.75) is 19.5 Å². The average molecular weight is 305 g/mol. The normalized spacial score (nSPS) is 11.2. The second-order valence-electron chi connectivity index (χ2n) is 4.37. The summed E-state index contributed by atoms with van der Waals surface area (Å²) in [4.78, 5) is 22.6. The molecule has 1 aromatic carbocycles. The van der Waals surface area contributed by atoms with E-state index in [1.165, 1.54) is 0 Å². The van der Waals surface area contributed by atoms with Crippen LogP contribution >= 0.6 is 0 Å². The molecule has 0 aromatic heterocycles. The van der Waals surface area contributed by atoms with Crippen molar-refractivity contribution in [3.05, 3.63) is 33.9 Å². The number of hydrogen-bond acceptors (Lipinski definition) is 4. The van der Waals surface area contributed by atoms with Crippen LogP contribution in [0.3, 0.4) is 0 Å².